The third-order valence-corrected chi connectivity index (χ3v) is 3.63. The van der Waals surface area contributed by atoms with E-state index in [1.165, 1.54) is 30.5 Å². The molecule has 0 radical (unpaired) electrons. The molecule has 1 fully saturated rings. The molecule has 2 aromatic rings. The summed E-state index contributed by atoms with van der Waals surface area (Å²) in [6.45, 7) is 1.29. The van der Waals surface area contributed by atoms with Crippen molar-refractivity contribution in [1.82, 2.24) is 9.88 Å². The minimum Gasteiger partial charge on any atom is -0.370 e. The second-order valence-corrected chi connectivity index (χ2v) is 5.10. The van der Waals surface area contributed by atoms with Gasteiger partial charge in [0.15, 0.2) is 0 Å². The molecule has 1 amide bonds. The van der Waals surface area contributed by atoms with Gasteiger partial charge in [0, 0.05) is 18.8 Å². The van der Waals surface area contributed by atoms with Gasteiger partial charge in [0.05, 0.1) is 18.7 Å². The van der Waals surface area contributed by atoms with Crippen molar-refractivity contribution < 1.29 is 13.9 Å². The zero-order valence-electron chi connectivity index (χ0n) is 11.8. The predicted molar refractivity (Wildman–Crippen MR) is 78.1 cm³/mol. The minimum atomic E-state index is -0.305. The van der Waals surface area contributed by atoms with Crippen LogP contribution in [0.1, 0.15) is 22.0 Å². The molecule has 1 N–H and O–H groups in total. The van der Waals surface area contributed by atoms with Gasteiger partial charge in [-0.1, -0.05) is 12.1 Å². The van der Waals surface area contributed by atoms with Gasteiger partial charge in [0.1, 0.15) is 11.9 Å². The molecule has 0 bridgehead atoms. The van der Waals surface area contributed by atoms with Crippen molar-refractivity contribution >= 4 is 5.91 Å². The number of hydrogen-bond acceptors (Lipinski definition) is 3. The van der Waals surface area contributed by atoms with E-state index in [0.717, 1.165) is 5.56 Å². The first-order chi connectivity index (χ1) is 10.6. The highest BCUT2D eigenvalue weighted by atomic mass is 19.1. The quantitative estimate of drug-likeness (QED) is 0.919. The fraction of sp³-hybridized carbons (Fsp3) is 0.250. The predicted octanol–water partition coefficient (Wildman–Crippen LogP) is 1.73. The highest BCUT2D eigenvalue weighted by Crippen LogP contribution is 2.23. The first-order valence-electron chi connectivity index (χ1n) is 6.98. The molecular weight excluding hydrogens is 287 g/mol. The summed E-state index contributed by atoms with van der Waals surface area (Å²) in [7, 11) is 0. The molecule has 0 spiro atoms. The Kier molecular flexibility index (Phi) is 4.02. The average molecular weight is 302 g/mol. The minimum absolute atomic E-state index is 0.160. The molecule has 1 aromatic heterocycles. The van der Waals surface area contributed by atoms with Crippen molar-refractivity contribution in [3.63, 3.8) is 0 Å². The zero-order chi connectivity index (χ0) is 15.5. The van der Waals surface area contributed by atoms with Crippen LogP contribution in [0.3, 0.4) is 0 Å². The number of amides is 1. The van der Waals surface area contributed by atoms with E-state index < -0.39 is 0 Å². The number of nitrogens with one attached hydrogen (secondary N) is 1. The van der Waals surface area contributed by atoms with Crippen LogP contribution in [0.2, 0.25) is 0 Å². The van der Waals surface area contributed by atoms with Gasteiger partial charge >= 0.3 is 0 Å². The third-order valence-electron chi connectivity index (χ3n) is 3.63. The number of benzene rings is 1. The molecule has 1 saturated heterocycles. The Bertz CT molecular complexity index is 706. The van der Waals surface area contributed by atoms with Crippen LogP contribution < -0.4 is 5.56 Å². The fourth-order valence-corrected chi connectivity index (χ4v) is 2.44. The third kappa shape index (κ3) is 3.07. The van der Waals surface area contributed by atoms with E-state index in [4.69, 9.17) is 4.74 Å². The maximum Gasteiger partial charge on any atom is 0.255 e. The maximum absolute atomic E-state index is 13.0. The summed E-state index contributed by atoms with van der Waals surface area (Å²) in [6, 6.07) is 8.90. The van der Waals surface area contributed by atoms with Crippen LogP contribution in [0, 0.1) is 5.82 Å². The van der Waals surface area contributed by atoms with Gasteiger partial charge in [-0.15, -0.1) is 0 Å². The summed E-state index contributed by atoms with van der Waals surface area (Å²) in [4.78, 5) is 27.6. The van der Waals surface area contributed by atoms with Crippen molar-refractivity contribution in [1.29, 1.82) is 0 Å². The van der Waals surface area contributed by atoms with E-state index in [1.807, 2.05) is 0 Å². The number of hydrogen-bond donors (Lipinski definition) is 1. The van der Waals surface area contributed by atoms with Crippen molar-refractivity contribution in [2.45, 2.75) is 6.10 Å². The summed E-state index contributed by atoms with van der Waals surface area (Å²) in [5.74, 6) is -0.465. The molecule has 1 aliphatic rings. The lowest BCUT2D eigenvalue weighted by Crippen LogP contribution is -2.42. The van der Waals surface area contributed by atoms with Crippen LogP contribution in [0.15, 0.2) is 47.4 Å². The molecule has 1 atom stereocenters. The van der Waals surface area contributed by atoms with Gasteiger partial charge in [-0.2, -0.15) is 0 Å². The lowest BCUT2D eigenvalue weighted by molar-refractivity contribution is -0.0228. The van der Waals surface area contributed by atoms with Crippen LogP contribution >= 0.6 is 0 Å². The largest absolute Gasteiger partial charge is 0.370 e. The monoisotopic (exact) mass is 302 g/mol. The molecule has 2 heterocycles. The Balaban J connectivity index is 1.75. The number of carbonyl (C=O) groups is 1. The highest BCUT2D eigenvalue weighted by molar-refractivity contribution is 5.93. The second-order valence-electron chi connectivity index (χ2n) is 5.10. The lowest BCUT2D eigenvalue weighted by atomic mass is 10.1. The smallest absolute Gasteiger partial charge is 0.255 e. The van der Waals surface area contributed by atoms with Crippen molar-refractivity contribution in [2.24, 2.45) is 0 Å². The van der Waals surface area contributed by atoms with Crippen molar-refractivity contribution in [3.8, 4) is 0 Å². The maximum atomic E-state index is 13.0. The van der Waals surface area contributed by atoms with Gasteiger partial charge in [-0.25, -0.2) is 4.39 Å². The zero-order valence-corrected chi connectivity index (χ0v) is 11.8. The first kappa shape index (κ1) is 14.5. The SMILES string of the molecule is O=C(c1ccc(=O)[nH]c1)N1CCO[C@H](c2ccc(F)cc2)C1. The second kappa shape index (κ2) is 6.11. The molecule has 22 heavy (non-hydrogen) atoms. The molecule has 1 aliphatic heterocycles. The summed E-state index contributed by atoms with van der Waals surface area (Å²) < 4.78 is 18.6. The van der Waals surface area contributed by atoms with Gasteiger partial charge in [0.2, 0.25) is 5.56 Å². The number of rotatable bonds is 2. The summed E-state index contributed by atoms with van der Waals surface area (Å²) >= 11 is 0. The van der Waals surface area contributed by atoms with Crippen molar-refractivity contribution in [3.05, 3.63) is 69.9 Å². The van der Waals surface area contributed by atoms with E-state index >= 15 is 0 Å². The molecule has 0 saturated carbocycles. The standard InChI is InChI=1S/C16H15FN2O3/c17-13-4-1-11(2-5-13)14-10-19(7-8-22-14)16(21)12-3-6-15(20)18-9-12/h1-6,9,14H,7-8,10H2,(H,18,20)/t14-/m0/s1. The lowest BCUT2D eigenvalue weighted by Gasteiger charge is -2.33. The summed E-state index contributed by atoms with van der Waals surface area (Å²) in [6.07, 6.45) is 1.13. The molecule has 1 aromatic carbocycles. The Morgan fingerprint density at radius 1 is 1.23 bits per heavy atom. The summed E-state index contributed by atoms with van der Waals surface area (Å²) in [5.41, 5.74) is 1.02. The number of pyridine rings is 1. The van der Waals surface area contributed by atoms with E-state index in [0.29, 0.717) is 25.3 Å². The average Bonchev–Trinajstić information content (AvgIpc) is 2.56. The Labute approximate surface area is 126 Å². The van der Waals surface area contributed by atoms with Crippen LogP contribution in [0.4, 0.5) is 4.39 Å². The molecule has 3 rings (SSSR count). The van der Waals surface area contributed by atoms with Gasteiger partial charge < -0.3 is 14.6 Å². The Morgan fingerprint density at radius 3 is 2.68 bits per heavy atom. The van der Waals surface area contributed by atoms with Crippen LogP contribution in [-0.4, -0.2) is 35.5 Å². The van der Waals surface area contributed by atoms with Crippen LogP contribution in [-0.2, 0) is 4.74 Å². The van der Waals surface area contributed by atoms with E-state index in [1.54, 1.807) is 17.0 Å². The number of carbonyl (C=O) groups excluding carboxylic acids is 1. The number of nitrogens with zero attached hydrogens (tertiary/aromatic N) is 1. The molecule has 114 valence electrons. The number of halogens is 1. The molecule has 0 aliphatic carbocycles. The first-order valence-corrected chi connectivity index (χ1v) is 6.98. The normalized spacial score (nSPS) is 18.2. The fourth-order valence-electron chi connectivity index (χ4n) is 2.44. The van der Waals surface area contributed by atoms with E-state index in [-0.39, 0.29) is 23.4 Å². The number of aromatic amines is 1. The van der Waals surface area contributed by atoms with Gasteiger partial charge in [0.25, 0.3) is 5.91 Å². The van der Waals surface area contributed by atoms with Crippen LogP contribution in [0.25, 0.3) is 0 Å². The highest BCUT2D eigenvalue weighted by Gasteiger charge is 2.26. The topological polar surface area (TPSA) is 62.4 Å². The number of ether oxygens (including phenoxy) is 1. The number of morpholine rings is 1. The van der Waals surface area contributed by atoms with Crippen molar-refractivity contribution in [2.75, 3.05) is 19.7 Å². The molecule has 6 heteroatoms. The molecule has 0 unspecified atom stereocenters. The molecule has 5 nitrogen and oxygen atoms in total. The van der Waals surface area contributed by atoms with Crippen LogP contribution in [0.5, 0.6) is 0 Å². The Morgan fingerprint density at radius 2 is 2.00 bits per heavy atom. The molecular formula is C16H15FN2O3. The number of aromatic nitrogens is 1. The summed E-state index contributed by atoms with van der Waals surface area (Å²) in [5, 5.41) is 0. The number of H-pyrrole nitrogens is 1. The van der Waals surface area contributed by atoms with E-state index in [2.05, 4.69) is 4.98 Å². The Hall–Kier alpha value is -2.47. The van der Waals surface area contributed by atoms with Gasteiger partial charge in [-0.3, -0.25) is 9.59 Å². The van der Waals surface area contributed by atoms with Gasteiger partial charge in [-0.05, 0) is 23.8 Å². The van der Waals surface area contributed by atoms with E-state index in [9.17, 15) is 14.0 Å².